The number of hydrogen-bond donors (Lipinski definition) is 2. The molecule has 33 heavy (non-hydrogen) atoms. The molecular formula is C23H19ClN4O4S. The molecular weight excluding hydrogens is 464 g/mol. The third-order valence-electron chi connectivity index (χ3n) is 5.02. The predicted molar refractivity (Wildman–Crippen MR) is 128 cm³/mol. The monoisotopic (exact) mass is 482 g/mol. The highest BCUT2D eigenvalue weighted by atomic mass is 35.5. The van der Waals surface area contributed by atoms with Gasteiger partial charge in [-0.2, -0.15) is 0 Å². The van der Waals surface area contributed by atoms with E-state index in [0.29, 0.717) is 27.8 Å². The highest BCUT2D eigenvalue weighted by Gasteiger charge is 2.39. The highest BCUT2D eigenvalue weighted by Crippen LogP contribution is 2.31. The maximum Gasteiger partial charge on any atom is 0.283 e. The number of halogens is 1. The SMILES string of the molecule is COc1ccc(N2C(=O)C(Cl)=C(Nc3ccc(C(=O)Nc4nc(C)c(C)s4)cc3)C2=O)cc1. The maximum absolute atomic E-state index is 12.9. The van der Waals surface area contributed by atoms with Gasteiger partial charge in [-0.15, -0.1) is 11.3 Å². The number of rotatable bonds is 6. The Kier molecular flexibility index (Phi) is 6.17. The Bertz CT molecular complexity index is 1260. The number of ether oxygens (including phenoxy) is 1. The number of aryl methyl sites for hydroxylation is 2. The van der Waals surface area contributed by atoms with Crippen molar-refractivity contribution < 1.29 is 19.1 Å². The van der Waals surface area contributed by atoms with Crippen LogP contribution in [0.25, 0.3) is 0 Å². The number of nitrogens with zero attached hydrogens (tertiary/aromatic N) is 2. The highest BCUT2D eigenvalue weighted by molar-refractivity contribution is 7.15. The van der Waals surface area contributed by atoms with Crippen molar-refractivity contribution in [2.75, 3.05) is 22.6 Å². The molecule has 0 saturated carbocycles. The number of amides is 3. The zero-order valence-electron chi connectivity index (χ0n) is 17.9. The van der Waals surface area contributed by atoms with E-state index in [1.165, 1.54) is 18.4 Å². The molecule has 0 radical (unpaired) electrons. The Labute approximate surface area is 198 Å². The molecule has 0 spiro atoms. The number of aromatic nitrogens is 1. The van der Waals surface area contributed by atoms with E-state index in [-0.39, 0.29) is 16.6 Å². The molecule has 3 amide bonds. The van der Waals surface area contributed by atoms with E-state index in [1.807, 2.05) is 13.8 Å². The van der Waals surface area contributed by atoms with Crippen molar-refractivity contribution in [3.05, 3.63) is 75.4 Å². The fourth-order valence-electron chi connectivity index (χ4n) is 3.12. The van der Waals surface area contributed by atoms with Gasteiger partial charge in [0.05, 0.1) is 18.5 Å². The lowest BCUT2D eigenvalue weighted by atomic mass is 10.2. The summed E-state index contributed by atoms with van der Waals surface area (Å²) in [5.41, 5.74) is 2.13. The number of imide groups is 1. The van der Waals surface area contributed by atoms with Crippen molar-refractivity contribution in [1.82, 2.24) is 4.98 Å². The van der Waals surface area contributed by atoms with E-state index < -0.39 is 11.8 Å². The van der Waals surface area contributed by atoms with Crippen molar-refractivity contribution >= 4 is 57.2 Å². The molecule has 0 unspecified atom stereocenters. The number of hydrogen-bond acceptors (Lipinski definition) is 7. The van der Waals surface area contributed by atoms with Gasteiger partial charge in [-0.3, -0.25) is 19.7 Å². The zero-order chi connectivity index (χ0) is 23.7. The van der Waals surface area contributed by atoms with Crippen molar-refractivity contribution in [3.63, 3.8) is 0 Å². The number of carbonyl (C=O) groups excluding carboxylic acids is 3. The first-order valence-electron chi connectivity index (χ1n) is 9.83. The van der Waals surface area contributed by atoms with Crippen molar-refractivity contribution in [1.29, 1.82) is 0 Å². The summed E-state index contributed by atoms with van der Waals surface area (Å²) in [5, 5.41) is 5.97. The molecule has 0 bridgehead atoms. The molecule has 1 aromatic heterocycles. The van der Waals surface area contributed by atoms with Crippen LogP contribution < -0.4 is 20.3 Å². The van der Waals surface area contributed by atoms with Gasteiger partial charge in [-0.05, 0) is 62.4 Å². The number of benzene rings is 2. The Morgan fingerprint density at radius 1 is 1.03 bits per heavy atom. The Morgan fingerprint density at radius 2 is 1.70 bits per heavy atom. The molecule has 4 rings (SSSR count). The second-order valence-corrected chi connectivity index (χ2v) is 8.73. The largest absolute Gasteiger partial charge is 0.497 e. The number of carbonyl (C=O) groups is 3. The maximum atomic E-state index is 12.9. The van der Waals surface area contributed by atoms with Gasteiger partial charge < -0.3 is 10.1 Å². The summed E-state index contributed by atoms with van der Waals surface area (Å²) in [4.78, 5) is 44.3. The average molecular weight is 483 g/mol. The van der Waals surface area contributed by atoms with E-state index in [0.717, 1.165) is 15.5 Å². The molecule has 2 aromatic carbocycles. The van der Waals surface area contributed by atoms with Crippen LogP contribution in [-0.2, 0) is 9.59 Å². The van der Waals surface area contributed by atoms with Gasteiger partial charge >= 0.3 is 0 Å². The number of anilines is 3. The van der Waals surface area contributed by atoms with Gasteiger partial charge in [0.15, 0.2) is 5.13 Å². The molecule has 2 N–H and O–H groups in total. The molecule has 168 valence electrons. The second-order valence-electron chi connectivity index (χ2n) is 7.15. The molecule has 0 fully saturated rings. The van der Waals surface area contributed by atoms with Gasteiger partial charge in [-0.25, -0.2) is 9.88 Å². The standard InChI is InChI=1S/C23H19ClN4O4S/c1-12-13(2)33-23(25-12)27-20(29)14-4-6-15(7-5-14)26-19-18(24)21(30)28(22(19)31)16-8-10-17(32-3)11-9-16/h4-11,26H,1-3H3,(H,25,27,29). The lowest BCUT2D eigenvalue weighted by Crippen LogP contribution is -2.32. The number of thiazole rings is 1. The van der Waals surface area contributed by atoms with Crippen molar-refractivity contribution in [3.8, 4) is 5.75 Å². The third-order valence-corrected chi connectivity index (χ3v) is 6.36. The first-order chi connectivity index (χ1) is 15.8. The van der Waals surface area contributed by atoms with Gasteiger partial charge in [0, 0.05) is 16.1 Å². The van der Waals surface area contributed by atoms with Crippen LogP contribution in [0.15, 0.2) is 59.3 Å². The lowest BCUT2D eigenvalue weighted by Gasteiger charge is -2.15. The summed E-state index contributed by atoms with van der Waals surface area (Å²) in [6, 6.07) is 12.9. The minimum absolute atomic E-state index is 0.0385. The van der Waals surface area contributed by atoms with Crippen LogP contribution in [0.3, 0.4) is 0 Å². The summed E-state index contributed by atoms with van der Waals surface area (Å²) in [6.07, 6.45) is 0. The van der Waals surface area contributed by atoms with Crippen molar-refractivity contribution in [2.45, 2.75) is 13.8 Å². The molecule has 0 saturated heterocycles. The molecule has 0 atom stereocenters. The van der Waals surface area contributed by atoms with E-state index >= 15 is 0 Å². The van der Waals surface area contributed by atoms with E-state index in [2.05, 4.69) is 15.6 Å². The second kappa shape index (κ2) is 9.05. The van der Waals surface area contributed by atoms with Gasteiger partial charge in [-0.1, -0.05) is 11.6 Å². The Morgan fingerprint density at radius 3 is 2.27 bits per heavy atom. The molecule has 3 aromatic rings. The minimum atomic E-state index is -0.626. The van der Waals surface area contributed by atoms with Crippen LogP contribution in [-0.4, -0.2) is 29.8 Å². The summed E-state index contributed by atoms with van der Waals surface area (Å²) in [5.74, 6) is -0.907. The van der Waals surface area contributed by atoms with Gasteiger partial charge in [0.2, 0.25) is 0 Å². The molecule has 1 aliphatic rings. The summed E-state index contributed by atoms with van der Waals surface area (Å²) < 4.78 is 5.10. The predicted octanol–water partition coefficient (Wildman–Crippen LogP) is 4.46. The zero-order valence-corrected chi connectivity index (χ0v) is 19.5. The molecule has 10 heteroatoms. The third kappa shape index (κ3) is 4.46. The van der Waals surface area contributed by atoms with Crippen LogP contribution in [0.4, 0.5) is 16.5 Å². The first kappa shape index (κ1) is 22.5. The topological polar surface area (TPSA) is 101 Å². The normalized spacial score (nSPS) is 13.5. The van der Waals surface area contributed by atoms with E-state index in [1.54, 1.807) is 48.5 Å². The van der Waals surface area contributed by atoms with Gasteiger partial charge in [0.1, 0.15) is 16.5 Å². The summed E-state index contributed by atoms with van der Waals surface area (Å²) in [7, 11) is 1.53. The van der Waals surface area contributed by atoms with Crippen LogP contribution in [0.5, 0.6) is 5.75 Å². The summed E-state index contributed by atoms with van der Waals surface area (Å²) >= 11 is 7.58. The molecule has 2 heterocycles. The summed E-state index contributed by atoms with van der Waals surface area (Å²) in [6.45, 7) is 3.82. The van der Waals surface area contributed by atoms with Crippen molar-refractivity contribution in [2.24, 2.45) is 0 Å². The fraction of sp³-hybridized carbons (Fsp3) is 0.130. The Hall–Kier alpha value is -3.69. The first-order valence-corrected chi connectivity index (χ1v) is 11.0. The van der Waals surface area contributed by atoms with Crippen LogP contribution in [0, 0.1) is 13.8 Å². The average Bonchev–Trinajstić information content (AvgIpc) is 3.23. The fourth-order valence-corrected chi connectivity index (χ4v) is 4.14. The van der Waals surface area contributed by atoms with E-state index in [9.17, 15) is 14.4 Å². The number of methoxy groups -OCH3 is 1. The van der Waals surface area contributed by atoms with Crippen LogP contribution >= 0.6 is 22.9 Å². The smallest absolute Gasteiger partial charge is 0.283 e. The van der Waals surface area contributed by atoms with Gasteiger partial charge in [0.25, 0.3) is 17.7 Å². The Balaban J connectivity index is 1.47. The van der Waals surface area contributed by atoms with E-state index in [4.69, 9.17) is 16.3 Å². The lowest BCUT2D eigenvalue weighted by molar-refractivity contribution is -0.120. The molecule has 8 nitrogen and oxygen atoms in total. The minimum Gasteiger partial charge on any atom is -0.497 e. The molecule has 0 aliphatic carbocycles. The van der Waals surface area contributed by atoms with Crippen LogP contribution in [0.2, 0.25) is 0 Å². The number of nitrogens with one attached hydrogen (secondary N) is 2. The quantitative estimate of drug-likeness (QED) is 0.503. The van der Waals surface area contributed by atoms with Crippen LogP contribution in [0.1, 0.15) is 20.9 Å². The molecule has 1 aliphatic heterocycles.